The second-order valence-corrected chi connectivity index (χ2v) is 10.7. The number of carbonyl (C=O) groups excluding carboxylic acids is 1. The summed E-state index contributed by atoms with van der Waals surface area (Å²) in [5, 5.41) is 10.1. The van der Waals surface area contributed by atoms with Crippen molar-refractivity contribution in [1.29, 1.82) is 0 Å². The molecular weight excluding hydrogens is 444 g/mol. The maximum atomic E-state index is 13.5. The van der Waals surface area contributed by atoms with Crippen LogP contribution in [0.3, 0.4) is 0 Å². The minimum Gasteiger partial charge on any atom is -0.508 e. The van der Waals surface area contributed by atoms with Gasteiger partial charge in [-0.1, -0.05) is 0 Å². The van der Waals surface area contributed by atoms with Crippen molar-refractivity contribution in [3.63, 3.8) is 0 Å². The minimum atomic E-state index is -3.22. The van der Waals surface area contributed by atoms with Crippen LogP contribution in [0, 0.1) is 0 Å². The van der Waals surface area contributed by atoms with Gasteiger partial charge in [0, 0.05) is 32.1 Å². The fraction of sp³-hybridized carbons (Fsp3) is 0.458. The molecule has 0 radical (unpaired) electrons. The van der Waals surface area contributed by atoms with Gasteiger partial charge in [0.2, 0.25) is 5.91 Å². The van der Waals surface area contributed by atoms with Crippen LogP contribution in [0.4, 0.5) is 5.69 Å². The molecule has 2 heterocycles. The van der Waals surface area contributed by atoms with Gasteiger partial charge in [0.25, 0.3) is 0 Å². The summed E-state index contributed by atoms with van der Waals surface area (Å²) in [6.45, 7) is 3.61. The number of sulfone groups is 1. The molecule has 0 saturated carbocycles. The van der Waals surface area contributed by atoms with E-state index in [2.05, 4.69) is 4.90 Å². The lowest BCUT2D eigenvalue weighted by Gasteiger charge is -2.38. The number of piperidine rings is 1. The number of amides is 1. The topological polar surface area (TPSA) is 96.4 Å². The normalized spacial score (nSPS) is 18.0. The first kappa shape index (κ1) is 23.5. The van der Waals surface area contributed by atoms with Gasteiger partial charge in [-0.2, -0.15) is 0 Å². The van der Waals surface area contributed by atoms with Crippen molar-refractivity contribution in [2.45, 2.75) is 23.2 Å². The summed E-state index contributed by atoms with van der Waals surface area (Å²) in [7, 11) is -1.60. The van der Waals surface area contributed by atoms with Crippen LogP contribution in [0.1, 0.15) is 18.4 Å². The zero-order valence-electron chi connectivity index (χ0n) is 19.0. The molecule has 178 valence electrons. The van der Waals surface area contributed by atoms with Crippen LogP contribution in [-0.2, 0) is 24.8 Å². The Bertz CT molecular complexity index is 1110. The predicted octanol–water partition coefficient (Wildman–Crippen LogP) is 2.20. The van der Waals surface area contributed by atoms with E-state index in [-0.39, 0.29) is 16.6 Å². The highest BCUT2D eigenvalue weighted by Gasteiger charge is 2.51. The van der Waals surface area contributed by atoms with Crippen LogP contribution in [0.2, 0.25) is 0 Å². The minimum absolute atomic E-state index is 0.0852. The van der Waals surface area contributed by atoms with Crippen molar-refractivity contribution in [2.24, 2.45) is 0 Å². The summed E-state index contributed by atoms with van der Waals surface area (Å²) in [5.41, 5.74) is 1.16. The van der Waals surface area contributed by atoms with Crippen molar-refractivity contribution in [2.75, 3.05) is 57.7 Å². The van der Waals surface area contributed by atoms with Crippen LogP contribution in [0.5, 0.6) is 11.5 Å². The van der Waals surface area contributed by atoms with Gasteiger partial charge in [-0.15, -0.1) is 0 Å². The van der Waals surface area contributed by atoms with E-state index in [1.165, 1.54) is 6.26 Å². The Hall–Kier alpha value is -2.62. The fourth-order valence-corrected chi connectivity index (χ4v) is 5.38. The number of hydrogen-bond acceptors (Lipinski definition) is 7. The number of benzene rings is 2. The highest BCUT2D eigenvalue weighted by molar-refractivity contribution is 7.90. The van der Waals surface area contributed by atoms with Crippen molar-refractivity contribution in [3.05, 3.63) is 48.0 Å². The number of likely N-dealkylation sites (tertiary alicyclic amines) is 1. The summed E-state index contributed by atoms with van der Waals surface area (Å²) in [6.07, 6.45) is 2.53. The highest BCUT2D eigenvalue weighted by atomic mass is 32.2. The second-order valence-electron chi connectivity index (χ2n) is 8.67. The van der Waals surface area contributed by atoms with E-state index < -0.39 is 15.3 Å². The molecule has 0 aliphatic carbocycles. The molecule has 2 aromatic carbocycles. The number of nitrogens with zero attached hydrogens (tertiary/aromatic N) is 2. The number of fused-ring (bicyclic) bond motifs is 2. The van der Waals surface area contributed by atoms with Crippen LogP contribution in [0.15, 0.2) is 47.4 Å². The largest absolute Gasteiger partial charge is 0.508 e. The number of phenols is 1. The van der Waals surface area contributed by atoms with Crippen molar-refractivity contribution in [1.82, 2.24) is 4.90 Å². The SMILES string of the molecule is COCCN1C(=O)C2(CCN(CCOc3ccc(S(C)(=O)=O)cc3)CC2)c2cc(O)ccc21. The molecule has 2 aliphatic rings. The van der Waals surface area contributed by atoms with Crippen molar-refractivity contribution in [3.8, 4) is 11.5 Å². The van der Waals surface area contributed by atoms with E-state index in [1.807, 2.05) is 6.07 Å². The smallest absolute Gasteiger partial charge is 0.237 e. The molecule has 1 amide bonds. The molecule has 0 aromatic heterocycles. The van der Waals surface area contributed by atoms with Gasteiger partial charge in [0.15, 0.2) is 9.84 Å². The Morgan fingerprint density at radius 3 is 2.36 bits per heavy atom. The molecule has 0 unspecified atom stereocenters. The predicted molar refractivity (Wildman–Crippen MR) is 125 cm³/mol. The molecule has 1 fully saturated rings. The Morgan fingerprint density at radius 1 is 1.03 bits per heavy atom. The molecule has 1 spiro atoms. The molecule has 0 bridgehead atoms. The highest BCUT2D eigenvalue weighted by Crippen LogP contribution is 2.48. The molecular formula is C24H30N2O6S. The molecule has 33 heavy (non-hydrogen) atoms. The number of methoxy groups -OCH3 is 1. The zero-order chi connectivity index (χ0) is 23.6. The van der Waals surface area contributed by atoms with Crippen molar-refractivity contribution < 1.29 is 27.8 Å². The third-order valence-corrected chi connectivity index (χ3v) is 7.73. The fourth-order valence-electron chi connectivity index (χ4n) is 4.75. The lowest BCUT2D eigenvalue weighted by molar-refractivity contribution is -0.125. The average Bonchev–Trinajstić information content (AvgIpc) is 3.00. The van der Waals surface area contributed by atoms with Crippen LogP contribution in [-0.4, -0.2) is 77.1 Å². The molecule has 0 atom stereocenters. The van der Waals surface area contributed by atoms with Gasteiger partial charge < -0.3 is 19.5 Å². The summed E-state index contributed by atoms with van der Waals surface area (Å²) in [5.74, 6) is 0.884. The quantitative estimate of drug-likeness (QED) is 0.627. The van der Waals surface area contributed by atoms with E-state index in [4.69, 9.17) is 9.47 Å². The first-order valence-electron chi connectivity index (χ1n) is 11.0. The van der Waals surface area contributed by atoms with Crippen LogP contribution >= 0.6 is 0 Å². The monoisotopic (exact) mass is 474 g/mol. The maximum Gasteiger partial charge on any atom is 0.237 e. The van der Waals surface area contributed by atoms with Gasteiger partial charge in [-0.05, 0) is 74.0 Å². The van der Waals surface area contributed by atoms with Gasteiger partial charge in [-0.25, -0.2) is 8.42 Å². The Kier molecular flexibility index (Phi) is 6.65. The maximum absolute atomic E-state index is 13.5. The lowest BCUT2D eigenvalue weighted by atomic mass is 9.73. The number of ether oxygens (including phenoxy) is 2. The molecule has 8 nitrogen and oxygen atoms in total. The number of hydrogen-bond donors (Lipinski definition) is 1. The summed E-state index contributed by atoms with van der Waals surface area (Å²) >= 11 is 0. The number of phenolic OH excluding ortho intramolecular Hbond substituents is 1. The van der Waals surface area contributed by atoms with E-state index >= 15 is 0 Å². The van der Waals surface area contributed by atoms with Crippen LogP contribution in [0.25, 0.3) is 0 Å². The molecule has 1 N–H and O–H groups in total. The summed E-state index contributed by atoms with van der Waals surface area (Å²) in [4.78, 5) is 17.8. The standard InChI is InChI=1S/C24H30N2O6S/c1-31-15-14-26-22-8-3-18(27)17-21(22)24(23(26)28)9-11-25(12-10-24)13-16-32-19-4-6-20(7-5-19)33(2,29)30/h3-8,17,27H,9-16H2,1-2H3. The number of carbonyl (C=O) groups is 1. The van der Waals surface area contributed by atoms with Crippen LogP contribution < -0.4 is 9.64 Å². The van der Waals surface area contributed by atoms with E-state index in [1.54, 1.807) is 48.4 Å². The molecule has 2 aromatic rings. The van der Waals surface area contributed by atoms with E-state index in [9.17, 15) is 18.3 Å². The first-order chi connectivity index (χ1) is 15.7. The number of anilines is 1. The molecule has 1 saturated heterocycles. The lowest BCUT2D eigenvalue weighted by Crippen LogP contribution is -2.49. The van der Waals surface area contributed by atoms with Crippen molar-refractivity contribution >= 4 is 21.4 Å². The summed E-state index contributed by atoms with van der Waals surface area (Å²) < 4.78 is 34.1. The van der Waals surface area contributed by atoms with Gasteiger partial charge in [-0.3, -0.25) is 9.69 Å². The Labute approximate surface area is 194 Å². The number of aromatic hydroxyl groups is 1. The molecule has 9 heteroatoms. The average molecular weight is 475 g/mol. The second kappa shape index (κ2) is 9.32. The van der Waals surface area contributed by atoms with E-state index in [0.29, 0.717) is 44.9 Å². The third-order valence-electron chi connectivity index (χ3n) is 6.60. The molecule has 4 rings (SSSR count). The first-order valence-corrected chi connectivity index (χ1v) is 12.9. The van der Waals surface area contributed by atoms with Gasteiger partial charge in [0.05, 0.1) is 16.9 Å². The number of rotatable bonds is 8. The van der Waals surface area contributed by atoms with Gasteiger partial charge >= 0.3 is 0 Å². The molecule has 2 aliphatic heterocycles. The Balaban J connectivity index is 1.37. The van der Waals surface area contributed by atoms with Gasteiger partial charge in [0.1, 0.15) is 18.1 Å². The third kappa shape index (κ3) is 4.71. The van der Waals surface area contributed by atoms with E-state index in [0.717, 1.165) is 24.3 Å². The zero-order valence-corrected chi connectivity index (χ0v) is 19.8. The summed E-state index contributed by atoms with van der Waals surface area (Å²) in [6, 6.07) is 11.6. The Morgan fingerprint density at radius 2 is 1.73 bits per heavy atom.